The van der Waals surface area contributed by atoms with Crippen LogP contribution in [0.2, 0.25) is 0 Å². The van der Waals surface area contributed by atoms with Gasteiger partial charge in [0, 0.05) is 18.0 Å². The Bertz CT molecular complexity index is 537. The molecule has 0 aromatic carbocycles. The van der Waals surface area contributed by atoms with Gasteiger partial charge in [0.25, 0.3) is 11.8 Å². The first-order chi connectivity index (χ1) is 9.52. The summed E-state index contributed by atoms with van der Waals surface area (Å²) >= 11 is 7.41. The van der Waals surface area contributed by atoms with Crippen LogP contribution in [0.4, 0.5) is 0 Å². The molecule has 6 heteroatoms. The number of ether oxygens (including phenoxy) is 1. The second-order valence-electron chi connectivity index (χ2n) is 4.70. The van der Waals surface area contributed by atoms with Gasteiger partial charge in [-0.3, -0.25) is 14.5 Å². The van der Waals surface area contributed by atoms with Crippen LogP contribution in [-0.2, 0) is 14.3 Å². The van der Waals surface area contributed by atoms with E-state index in [2.05, 4.69) is 0 Å². The second kappa shape index (κ2) is 6.52. The summed E-state index contributed by atoms with van der Waals surface area (Å²) in [6, 6.07) is 3.62. The van der Waals surface area contributed by atoms with Gasteiger partial charge in [-0.2, -0.15) is 0 Å². The Labute approximate surface area is 127 Å². The van der Waals surface area contributed by atoms with E-state index in [1.807, 2.05) is 25.3 Å². The number of amides is 2. The van der Waals surface area contributed by atoms with Crippen molar-refractivity contribution in [1.82, 2.24) is 4.90 Å². The van der Waals surface area contributed by atoms with Gasteiger partial charge in [0.05, 0.1) is 11.7 Å². The first kappa shape index (κ1) is 15.2. The van der Waals surface area contributed by atoms with Crippen molar-refractivity contribution in [2.45, 2.75) is 26.4 Å². The topological polar surface area (TPSA) is 46.6 Å². The van der Waals surface area contributed by atoms with Crippen molar-refractivity contribution in [3.63, 3.8) is 0 Å². The highest BCUT2D eigenvalue weighted by molar-refractivity contribution is 7.11. The van der Waals surface area contributed by atoms with Crippen LogP contribution in [0.5, 0.6) is 0 Å². The molecule has 2 amide bonds. The van der Waals surface area contributed by atoms with Gasteiger partial charge in [0.15, 0.2) is 0 Å². The third-order valence-electron chi connectivity index (χ3n) is 2.86. The molecule has 1 aliphatic rings. The van der Waals surface area contributed by atoms with Crippen LogP contribution in [0, 0.1) is 0 Å². The maximum absolute atomic E-state index is 12.3. The molecule has 0 unspecified atom stereocenters. The van der Waals surface area contributed by atoms with Crippen LogP contribution in [0.1, 0.15) is 25.1 Å². The van der Waals surface area contributed by atoms with Crippen molar-refractivity contribution in [2.24, 2.45) is 0 Å². The lowest BCUT2D eigenvalue weighted by molar-refractivity contribution is -0.136. The Hall–Kier alpha value is -1.17. The van der Waals surface area contributed by atoms with Crippen molar-refractivity contribution >= 4 is 40.3 Å². The molecule has 0 saturated carbocycles. The highest BCUT2D eigenvalue weighted by Gasteiger charge is 2.38. The Morgan fingerprint density at radius 3 is 2.70 bits per heavy atom. The SMILES string of the molecule is CC(C)OCCCN1C(=O)C(Cl)=C(c2cccs2)C1=O. The molecule has 0 aliphatic carbocycles. The number of thiophene rings is 1. The fourth-order valence-corrected chi connectivity index (χ4v) is 3.03. The summed E-state index contributed by atoms with van der Waals surface area (Å²) in [4.78, 5) is 26.2. The van der Waals surface area contributed by atoms with Crippen LogP contribution < -0.4 is 0 Å². The van der Waals surface area contributed by atoms with E-state index in [1.54, 1.807) is 6.07 Å². The molecule has 108 valence electrons. The monoisotopic (exact) mass is 313 g/mol. The van der Waals surface area contributed by atoms with E-state index in [0.717, 1.165) is 4.88 Å². The summed E-state index contributed by atoms with van der Waals surface area (Å²) < 4.78 is 5.40. The van der Waals surface area contributed by atoms with Gasteiger partial charge in [-0.05, 0) is 31.7 Å². The van der Waals surface area contributed by atoms with Crippen molar-refractivity contribution in [3.05, 3.63) is 27.4 Å². The van der Waals surface area contributed by atoms with Crippen molar-refractivity contribution in [3.8, 4) is 0 Å². The predicted octanol–water partition coefficient (Wildman–Crippen LogP) is 2.88. The third kappa shape index (κ3) is 3.11. The third-order valence-corrected chi connectivity index (χ3v) is 4.09. The Kier molecular flexibility index (Phi) is 4.96. The van der Waals surface area contributed by atoms with Gasteiger partial charge in [0.2, 0.25) is 0 Å². The average Bonchev–Trinajstić information content (AvgIpc) is 2.97. The van der Waals surface area contributed by atoms with E-state index in [0.29, 0.717) is 25.1 Å². The molecule has 1 aliphatic heterocycles. The number of carbonyl (C=O) groups excluding carboxylic acids is 2. The molecule has 0 bridgehead atoms. The summed E-state index contributed by atoms with van der Waals surface area (Å²) in [6.45, 7) is 4.73. The minimum absolute atomic E-state index is 0.0160. The zero-order valence-corrected chi connectivity index (χ0v) is 13.0. The zero-order chi connectivity index (χ0) is 14.7. The Morgan fingerprint density at radius 1 is 1.35 bits per heavy atom. The van der Waals surface area contributed by atoms with Gasteiger partial charge in [-0.15, -0.1) is 11.3 Å². The van der Waals surface area contributed by atoms with E-state index >= 15 is 0 Å². The molecular formula is C14H16ClNO3S. The fourth-order valence-electron chi connectivity index (χ4n) is 1.93. The smallest absolute Gasteiger partial charge is 0.273 e. The van der Waals surface area contributed by atoms with Gasteiger partial charge in [0.1, 0.15) is 5.03 Å². The minimum Gasteiger partial charge on any atom is -0.379 e. The van der Waals surface area contributed by atoms with Crippen molar-refractivity contribution in [1.29, 1.82) is 0 Å². The van der Waals surface area contributed by atoms with Crippen LogP contribution in [0.25, 0.3) is 5.57 Å². The standard InChI is InChI=1S/C14H16ClNO3S/c1-9(2)19-7-4-6-16-13(17)11(12(15)14(16)18)10-5-3-8-20-10/h3,5,8-9H,4,6-7H2,1-2H3. The molecule has 0 N–H and O–H groups in total. The lowest BCUT2D eigenvalue weighted by Crippen LogP contribution is -2.33. The minimum atomic E-state index is -0.412. The largest absolute Gasteiger partial charge is 0.379 e. The maximum Gasteiger partial charge on any atom is 0.273 e. The molecule has 4 nitrogen and oxygen atoms in total. The van der Waals surface area contributed by atoms with Crippen LogP contribution in [-0.4, -0.2) is 36.0 Å². The fraction of sp³-hybridized carbons (Fsp3) is 0.429. The summed E-state index contributed by atoms with van der Waals surface area (Å²) in [5.41, 5.74) is 0.316. The summed E-state index contributed by atoms with van der Waals surface area (Å²) in [5.74, 6) is -0.725. The lowest BCUT2D eigenvalue weighted by atomic mass is 10.2. The van der Waals surface area contributed by atoms with Gasteiger partial charge >= 0.3 is 0 Å². The molecule has 2 rings (SSSR count). The normalized spacial score (nSPS) is 15.9. The number of nitrogens with zero attached hydrogens (tertiary/aromatic N) is 1. The molecule has 0 spiro atoms. The number of hydrogen-bond donors (Lipinski definition) is 0. The summed E-state index contributed by atoms with van der Waals surface area (Å²) in [5, 5.41) is 1.87. The average molecular weight is 314 g/mol. The highest BCUT2D eigenvalue weighted by Crippen LogP contribution is 2.33. The van der Waals surface area contributed by atoms with Crippen LogP contribution in [0.3, 0.4) is 0 Å². The van der Waals surface area contributed by atoms with E-state index in [1.165, 1.54) is 16.2 Å². The number of imide groups is 1. The van der Waals surface area contributed by atoms with E-state index in [4.69, 9.17) is 16.3 Å². The summed E-state index contributed by atoms with van der Waals surface area (Å²) in [6.07, 6.45) is 0.751. The molecule has 1 aromatic rings. The summed E-state index contributed by atoms with van der Waals surface area (Å²) in [7, 11) is 0. The Morgan fingerprint density at radius 2 is 2.10 bits per heavy atom. The van der Waals surface area contributed by atoms with Crippen molar-refractivity contribution in [2.75, 3.05) is 13.2 Å². The number of halogens is 1. The molecule has 0 radical (unpaired) electrons. The van der Waals surface area contributed by atoms with Gasteiger partial charge < -0.3 is 4.74 Å². The van der Waals surface area contributed by atoms with Crippen LogP contribution >= 0.6 is 22.9 Å². The first-order valence-corrected chi connectivity index (χ1v) is 7.69. The zero-order valence-electron chi connectivity index (χ0n) is 11.4. The number of carbonyl (C=O) groups is 2. The molecule has 0 saturated heterocycles. The van der Waals surface area contributed by atoms with Gasteiger partial charge in [-0.1, -0.05) is 17.7 Å². The van der Waals surface area contributed by atoms with Crippen molar-refractivity contribution < 1.29 is 14.3 Å². The van der Waals surface area contributed by atoms with E-state index < -0.39 is 5.91 Å². The van der Waals surface area contributed by atoms with E-state index in [9.17, 15) is 9.59 Å². The Balaban J connectivity index is 2.02. The molecular weight excluding hydrogens is 298 g/mol. The molecule has 1 aromatic heterocycles. The lowest BCUT2D eigenvalue weighted by Gasteiger charge is -2.15. The molecule has 0 fully saturated rings. The van der Waals surface area contributed by atoms with E-state index in [-0.39, 0.29) is 17.0 Å². The first-order valence-electron chi connectivity index (χ1n) is 6.43. The predicted molar refractivity (Wildman–Crippen MR) is 79.5 cm³/mol. The maximum atomic E-state index is 12.3. The molecule has 2 heterocycles. The molecule has 0 atom stereocenters. The molecule has 20 heavy (non-hydrogen) atoms. The van der Waals surface area contributed by atoms with Gasteiger partial charge in [-0.25, -0.2) is 0 Å². The number of rotatable bonds is 6. The highest BCUT2D eigenvalue weighted by atomic mass is 35.5. The quantitative estimate of drug-likeness (QED) is 0.599. The van der Waals surface area contributed by atoms with Crippen LogP contribution in [0.15, 0.2) is 22.5 Å². The second-order valence-corrected chi connectivity index (χ2v) is 6.03. The number of hydrogen-bond acceptors (Lipinski definition) is 4.